The van der Waals surface area contributed by atoms with E-state index in [2.05, 4.69) is 0 Å². The first-order valence-corrected chi connectivity index (χ1v) is 6.32. The topological polar surface area (TPSA) is 49.8 Å². The van der Waals surface area contributed by atoms with Gasteiger partial charge < -0.3 is 9.84 Å². The van der Waals surface area contributed by atoms with E-state index in [0.29, 0.717) is 36.3 Å². The Morgan fingerprint density at radius 2 is 2.06 bits per heavy atom. The Morgan fingerprint density at radius 1 is 1.39 bits per heavy atom. The van der Waals surface area contributed by atoms with Crippen LogP contribution >= 0.6 is 23.2 Å². The van der Waals surface area contributed by atoms with Gasteiger partial charge in [0, 0.05) is 29.7 Å². The number of ether oxygens (including phenoxy) is 1. The van der Waals surface area contributed by atoms with Gasteiger partial charge in [-0.15, -0.1) is 0 Å². The number of hydrogen-bond donors (Lipinski definition) is 1. The number of hydrogen-bond acceptors (Lipinski definition) is 3. The molecule has 6 heteroatoms. The first-order valence-electron chi connectivity index (χ1n) is 5.56. The first-order chi connectivity index (χ1) is 8.54. The number of rotatable bonds is 3. The minimum absolute atomic E-state index is 0.374. The minimum Gasteiger partial charge on any atom is -0.479 e. The highest BCUT2D eigenvalue weighted by molar-refractivity contribution is 6.34. The zero-order valence-electron chi connectivity index (χ0n) is 9.60. The van der Waals surface area contributed by atoms with Crippen LogP contribution in [0.1, 0.15) is 5.56 Å². The van der Waals surface area contributed by atoms with E-state index >= 15 is 0 Å². The Labute approximate surface area is 115 Å². The predicted octanol–water partition coefficient (Wildman–Crippen LogP) is 2.28. The van der Waals surface area contributed by atoms with Gasteiger partial charge in [0.05, 0.1) is 6.61 Å². The van der Waals surface area contributed by atoms with Gasteiger partial charge in [0.1, 0.15) is 0 Å². The molecule has 1 unspecified atom stereocenters. The van der Waals surface area contributed by atoms with E-state index in [1.54, 1.807) is 6.07 Å². The van der Waals surface area contributed by atoms with E-state index < -0.39 is 12.1 Å². The Kier molecular flexibility index (Phi) is 4.45. The third-order valence-electron chi connectivity index (χ3n) is 2.75. The van der Waals surface area contributed by atoms with Crippen molar-refractivity contribution in [2.75, 3.05) is 19.7 Å². The van der Waals surface area contributed by atoms with E-state index in [1.165, 1.54) is 0 Å². The predicted molar refractivity (Wildman–Crippen MR) is 69.1 cm³/mol. The van der Waals surface area contributed by atoms with Crippen LogP contribution in [0.4, 0.5) is 0 Å². The Morgan fingerprint density at radius 3 is 2.67 bits per heavy atom. The molecule has 1 N–H and O–H groups in total. The van der Waals surface area contributed by atoms with Crippen molar-refractivity contribution in [3.63, 3.8) is 0 Å². The zero-order valence-corrected chi connectivity index (χ0v) is 11.1. The standard InChI is InChI=1S/C12H13Cl2NO3/c13-9-3-8(4-10(14)5-9)6-15-1-2-18-11(7-15)12(16)17/h3-5,11H,1-2,6-7H2,(H,16,17). The van der Waals surface area contributed by atoms with Gasteiger partial charge >= 0.3 is 5.97 Å². The fraction of sp³-hybridized carbons (Fsp3) is 0.417. The molecule has 2 rings (SSSR count). The summed E-state index contributed by atoms with van der Waals surface area (Å²) < 4.78 is 5.16. The fourth-order valence-corrected chi connectivity index (χ4v) is 2.53. The van der Waals surface area contributed by atoms with Crippen LogP contribution in [0.5, 0.6) is 0 Å². The van der Waals surface area contributed by atoms with Gasteiger partial charge in [-0.1, -0.05) is 23.2 Å². The number of carboxylic acid groups (broad SMARTS) is 1. The van der Waals surface area contributed by atoms with Crippen LogP contribution < -0.4 is 0 Å². The fourth-order valence-electron chi connectivity index (χ4n) is 1.96. The maximum absolute atomic E-state index is 10.9. The number of morpholine rings is 1. The van der Waals surface area contributed by atoms with E-state index in [4.69, 9.17) is 33.0 Å². The van der Waals surface area contributed by atoms with Gasteiger partial charge in [-0.25, -0.2) is 4.79 Å². The smallest absolute Gasteiger partial charge is 0.334 e. The molecule has 0 bridgehead atoms. The molecule has 0 spiro atoms. The molecule has 1 heterocycles. The summed E-state index contributed by atoms with van der Waals surface area (Å²) in [7, 11) is 0. The second-order valence-electron chi connectivity index (χ2n) is 4.21. The van der Waals surface area contributed by atoms with Crippen molar-refractivity contribution in [1.29, 1.82) is 0 Å². The third kappa shape index (κ3) is 3.59. The normalized spacial score (nSPS) is 20.9. The molecule has 1 aliphatic rings. The second kappa shape index (κ2) is 5.89. The highest BCUT2D eigenvalue weighted by Gasteiger charge is 2.26. The maximum atomic E-state index is 10.9. The van der Waals surface area contributed by atoms with Crippen LogP contribution in [0.25, 0.3) is 0 Å². The molecule has 0 radical (unpaired) electrons. The molecule has 1 atom stereocenters. The molecule has 1 aromatic rings. The SMILES string of the molecule is O=C(O)C1CN(Cc2cc(Cl)cc(Cl)c2)CCO1. The lowest BCUT2D eigenvalue weighted by molar-refractivity contribution is -0.156. The van der Waals surface area contributed by atoms with Crippen molar-refractivity contribution in [2.24, 2.45) is 0 Å². The average molecular weight is 290 g/mol. The molecular formula is C12H13Cl2NO3. The molecular weight excluding hydrogens is 277 g/mol. The number of halogens is 2. The third-order valence-corrected chi connectivity index (χ3v) is 3.19. The lowest BCUT2D eigenvalue weighted by Gasteiger charge is -2.30. The van der Waals surface area contributed by atoms with Crippen molar-refractivity contribution in [3.8, 4) is 0 Å². The Balaban J connectivity index is 2.02. The van der Waals surface area contributed by atoms with Crippen LogP contribution in [0.15, 0.2) is 18.2 Å². The molecule has 0 aliphatic carbocycles. The summed E-state index contributed by atoms with van der Waals surface area (Å²) in [5, 5.41) is 10.1. The summed E-state index contributed by atoms with van der Waals surface area (Å²) in [4.78, 5) is 12.9. The summed E-state index contributed by atoms with van der Waals surface area (Å²) >= 11 is 11.9. The highest BCUT2D eigenvalue weighted by atomic mass is 35.5. The van der Waals surface area contributed by atoms with Gasteiger partial charge in [0.15, 0.2) is 6.10 Å². The summed E-state index contributed by atoms with van der Waals surface area (Å²) in [6.07, 6.45) is -0.756. The van der Waals surface area contributed by atoms with Crippen molar-refractivity contribution in [1.82, 2.24) is 4.90 Å². The van der Waals surface area contributed by atoms with Crippen LogP contribution in [0.2, 0.25) is 10.0 Å². The van der Waals surface area contributed by atoms with E-state index in [1.807, 2.05) is 17.0 Å². The maximum Gasteiger partial charge on any atom is 0.334 e. The molecule has 18 heavy (non-hydrogen) atoms. The molecule has 1 fully saturated rings. The van der Waals surface area contributed by atoms with Crippen LogP contribution in [-0.4, -0.2) is 41.8 Å². The molecule has 1 aliphatic heterocycles. The second-order valence-corrected chi connectivity index (χ2v) is 5.08. The molecule has 0 amide bonds. The van der Waals surface area contributed by atoms with Gasteiger partial charge in [-0.2, -0.15) is 0 Å². The summed E-state index contributed by atoms with van der Waals surface area (Å²) in [6.45, 7) is 2.12. The van der Waals surface area contributed by atoms with Crippen molar-refractivity contribution < 1.29 is 14.6 Å². The van der Waals surface area contributed by atoms with Gasteiger partial charge in [0.2, 0.25) is 0 Å². The van der Waals surface area contributed by atoms with Crippen molar-refractivity contribution >= 4 is 29.2 Å². The van der Waals surface area contributed by atoms with Crippen LogP contribution in [0.3, 0.4) is 0 Å². The van der Waals surface area contributed by atoms with Gasteiger partial charge in [0.25, 0.3) is 0 Å². The lowest BCUT2D eigenvalue weighted by Crippen LogP contribution is -2.45. The van der Waals surface area contributed by atoms with E-state index in [9.17, 15) is 4.79 Å². The minimum atomic E-state index is -0.927. The Hall–Kier alpha value is -0.810. The summed E-state index contributed by atoms with van der Waals surface area (Å²) in [5.74, 6) is -0.927. The molecule has 4 nitrogen and oxygen atoms in total. The Bertz CT molecular complexity index is 433. The largest absolute Gasteiger partial charge is 0.479 e. The number of carboxylic acids is 1. The molecule has 98 valence electrons. The monoisotopic (exact) mass is 289 g/mol. The van der Waals surface area contributed by atoms with E-state index in [-0.39, 0.29) is 0 Å². The molecule has 0 saturated carbocycles. The number of benzene rings is 1. The first kappa shape index (κ1) is 13.6. The van der Waals surface area contributed by atoms with Crippen LogP contribution in [-0.2, 0) is 16.1 Å². The van der Waals surface area contributed by atoms with Gasteiger partial charge in [-0.05, 0) is 23.8 Å². The van der Waals surface area contributed by atoms with Crippen molar-refractivity contribution in [3.05, 3.63) is 33.8 Å². The summed E-state index contributed by atoms with van der Waals surface area (Å²) in [5.41, 5.74) is 0.971. The van der Waals surface area contributed by atoms with Crippen LogP contribution in [0, 0.1) is 0 Å². The zero-order chi connectivity index (χ0) is 13.1. The summed E-state index contributed by atoms with van der Waals surface area (Å²) in [6, 6.07) is 5.34. The molecule has 0 aromatic heterocycles. The quantitative estimate of drug-likeness (QED) is 0.928. The van der Waals surface area contributed by atoms with E-state index in [0.717, 1.165) is 5.56 Å². The molecule has 1 saturated heterocycles. The van der Waals surface area contributed by atoms with Gasteiger partial charge in [-0.3, -0.25) is 4.90 Å². The average Bonchev–Trinajstić information content (AvgIpc) is 2.27. The lowest BCUT2D eigenvalue weighted by atomic mass is 10.2. The number of nitrogens with zero attached hydrogens (tertiary/aromatic N) is 1. The number of carbonyl (C=O) groups is 1. The highest BCUT2D eigenvalue weighted by Crippen LogP contribution is 2.20. The number of aliphatic carboxylic acids is 1. The molecule has 1 aromatic carbocycles. The van der Waals surface area contributed by atoms with Crippen molar-refractivity contribution in [2.45, 2.75) is 12.6 Å².